The molecular formula is C20H23N9. The molecule has 148 valence electrons. The third kappa shape index (κ3) is 2.52. The molecule has 6 rings (SSSR count). The minimum Gasteiger partial charge on any atom is -0.357 e. The molecule has 3 aliphatic rings. The smallest absolute Gasteiger partial charge is 0.225 e. The van der Waals surface area contributed by atoms with Crippen LogP contribution in [0.3, 0.4) is 0 Å². The van der Waals surface area contributed by atoms with Crippen LogP contribution in [0, 0.1) is 18.3 Å². The van der Waals surface area contributed by atoms with Gasteiger partial charge in [-0.05, 0) is 38.7 Å². The molecule has 1 unspecified atom stereocenters. The van der Waals surface area contributed by atoms with Crippen LogP contribution in [0.2, 0.25) is 0 Å². The molecule has 4 N–H and O–H groups in total. The van der Waals surface area contributed by atoms with Crippen LogP contribution in [-0.4, -0.2) is 53.7 Å². The Bertz CT molecular complexity index is 1110. The summed E-state index contributed by atoms with van der Waals surface area (Å²) in [7, 11) is 0. The number of nitrogens with one attached hydrogen (secondary N) is 4. The van der Waals surface area contributed by atoms with E-state index in [1.54, 1.807) is 0 Å². The van der Waals surface area contributed by atoms with Gasteiger partial charge in [0, 0.05) is 41.6 Å². The average Bonchev–Trinajstić information content (AvgIpc) is 3.28. The minimum absolute atomic E-state index is 0.203. The van der Waals surface area contributed by atoms with Gasteiger partial charge in [0.15, 0.2) is 11.6 Å². The molecule has 4 atom stereocenters. The first-order valence-corrected chi connectivity index (χ1v) is 10.2. The molecule has 3 aromatic heterocycles. The first-order valence-electron chi connectivity index (χ1n) is 10.2. The molecule has 3 aliphatic heterocycles. The Balaban J connectivity index is 1.22. The van der Waals surface area contributed by atoms with E-state index >= 15 is 0 Å². The lowest BCUT2D eigenvalue weighted by Gasteiger charge is -2.73. The predicted octanol–water partition coefficient (Wildman–Crippen LogP) is 2.81. The molecule has 9 nitrogen and oxygen atoms in total. The van der Waals surface area contributed by atoms with Gasteiger partial charge in [-0.1, -0.05) is 0 Å². The first-order chi connectivity index (χ1) is 14.1. The number of fused-ring (bicyclic) bond motifs is 1. The number of nitriles is 1. The number of aromatic nitrogens is 5. The Labute approximate surface area is 167 Å². The summed E-state index contributed by atoms with van der Waals surface area (Å²) in [6.07, 6.45) is 7.02. The Morgan fingerprint density at radius 3 is 2.86 bits per heavy atom. The molecular weight excluding hydrogens is 366 g/mol. The summed E-state index contributed by atoms with van der Waals surface area (Å²) in [6.45, 7) is 1.97. The van der Waals surface area contributed by atoms with E-state index in [4.69, 9.17) is 15.2 Å². The van der Waals surface area contributed by atoms with Gasteiger partial charge in [0.1, 0.15) is 5.52 Å². The zero-order valence-corrected chi connectivity index (χ0v) is 16.2. The third-order valence-electron chi connectivity index (χ3n) is 6.78. The van der Waals surface area contributed by atoms with Gasteiger partial charge in [-0.25, -0.2) is 4.98 Å². The Kier molecular flexibility index (Phi) is 3.44. The molecule has 29 heavy (non-hydrogen) atoms. The van der Waals surface area contributed by atoms with E-state index in [9.17, 15) is 0 Å². The van der Waals surface area contributed by atoms with Gasteiger partial charge in [0.25, 0.3) is 0 Å². The highest BCUT2D eigenvalue weighted by Gasteiger charge is 2.64. The Morgan fingerprint density at radius 2 is 2.14 bits per heavy atom. The number of aromatic amines is 2. The van der Waals surface area contributed by atoms with Crippen LogP contribution >= 0.6 is 0 Å². The second kappa shape index (κ2) is 5.94. The fraction of sp³-hybridized carbons (Fsp3) is 0.500. The molecule has 6 heterocycles. The van der Waals surface area contributed by atoms with Gasteiger partial charge in [-0.2, -0.15) is 15.3 Å². The van der Waals surface area contributed by atoms with E-state index in [0.29, 0.717) is 36.3 Å². The predicted molar refractivity (Wildman–Crippen MR) is 109 cm³/mol. The largest absolute Gasteiger partial charge is 0.357 e. The maximum absolute atomic E-state index is 9.11. The van der Waals surface area contributed by atoms with Crippen molar-refractivity contribution >= 4 is 28.6 Å². The molecule has 0 aliphatic carbocycles. The van der Waals surface area contributed by atoms with E-state index in [-0.39, 0.29) is 5.54 Å². The van der Waals surface area contributed by atoms with Gasteiger partial charge in [-0.15, -0.1) is 0 Å². The monoisotopic (exact) mass is 389 g/mol. The van der Waals surface area contributed by atoms with E-state index in [1.165, 1.54) is 0 Å². The molecule has 0 aromatic carbocycles. The fourth-order valence-electron chi connectivity index (χ4n) is 5.75. The average molecular weight is 389 g/mol. The second-order valence-corrected chi connectivity index (χ2v) is 8.69. The van der Waals surface area contributed by atoms with Crippen molar-refractivity contribution in [3.63, 3.8) is 0 Å². The van der Waals surface area contributed by atoms with Crippen LogP contribution in [0.25, 0.3) is 11.0 Å². The number of hydrogen-bond acceptors (Lipinski definition) is 7. The second-order valence-electron chi connectivity index (χ2n) is 8.69. The molecule has 0 saturated carbocycles. The van der Waals surface area contributed by atoms with Crippen LogP contribution in [0.5, 0.6) is 0 Å². The lowest BCUT2D eigenvalue weighted by molar-refractivity contribution is -0.217. The number of H-pyrrole nitrogens is 2. The Hall–Kier alpha value is -3.12. The highest BCUT2D eigenvalue weighted by molar-refractivity contribution is 5.88. The van der Waals surface area contributed by atoms with Crippen molar-refractivity contribution in [3.8, 4) is 6.07 Å². The van der Waals surface area contributed by atoms with Crippen LogP contribution in [0.15, 0.2) is 18.3 Å². The minimum atomic E-state index is 0.203. The van der Waals surface area contributed by atoms with Crippen LogP contribution in [0.1, 0.15) is 37.8 Å². The maximum atomic E-state index is 9.11. The summed E-state index contributed by atoms with van der Waals surface area (Å²) in [5.74, 6) is 2.09. The molecule has 3 fully saturated rings. The van der Waals surface area contributed by atoms with Gasteiger partial charge in [0.2, 0.25) is 5.95 Å². The summed E-state index contributed by atoms with van der Waals surface area (Å²) >= 11 is 0. The number of rotatable bonds is 5. The quantitative estimate of drug-likeness (QED) is 0.529. The van der Waals surface area contributed by atoms with E-state index in [1.807, 2.05) is 25.3 Å². The van der Waals surface area contributed by atoms with E-state index in [2.05, 4.69) is 36.8 Å². The zero-order chi connectivity index (χ0) is 19.6. The molecule has 0 amide bonds. The van der Waals surface area contributed by atoms with E-state index in [0.717, 1.165) is 48.2 Å². The number of piperidine rings is 2. The van der Waals surface area contributed by atoms with Crippen molar-refractivity contribution in [3.05, 3.63) is 24.0 Å². The lowest BCUT2D eigenvalue weighted by atomic mass is 9.58. The molecule has 0 spiro atoms. The van der Waals surface area contributed by atoms with Crippen LogP contribution in [0.4, 0.5) is 17.6 Å². The number of anilines is 3. The van der Waals surface area contributed by atoms with Crippen LogP contribution < -0.4 is 10.6 Å². The van der Waals surface area contributed by atoms with E-state index < -0.39 is 0 Å². The molecule has 9 heteroatoms. The van der Waals surface area contributed by atoms with Gasteiger partial charge >= 0.3 is 0 Å². The summed E-state index contributed by atoms with van der Waals surface area (Å²) in [5, 5.41) is 23.2. The summed E-state index contributed by atoms with van der Waals surface area (Å²) in [4.78, 5) is 15.2. The highest BCUT2D eigenvalue weighted by Crippen LogP contribution is 2.58. The van der Waals surface area contributed by atoms with Crippen molar-refractivity contribution < 1.29 is 0 Å². The van der Waals surface area contributed by atoms with Gasteiger partial charge < -0.3 is 15.6 Å². The van der Waals surface area contributed by atoms with Crippen molar-refractivity contribution in [2.45, 2.75) is 62.7 Å². The highest BCUT2D eigenvalue weighted by atomic mass is 15.4. The molecule has 0 bridgehead atoms. The normalized spacial score (nSPS) is 30.1. The van der Waals surface area contributed by atoms with Gasteiger partial charge in [-0.3, -0.25) is 10.00 Å². The zero-order valence-electron chi connectivity index (χ0n) is 16.2. The summed E-state index contributed by atoms with van der Waals surface area (Å²) in [5.41, 5.74) is 2.93. The first kappa shape index (κ1) is 16.8. The van der Waals surface area contributed by atoms with Crippen molar-refractivity contribution in [1.82, 2.24) is 30.0 Å². The standard InChI is InChI=1S/C20H23N9/c1-11-6-16(28-27-11)25-18-17-15(2-5-22-17)24-19(26-18)23-12-7-13-9-20(3-4-21)10-14(8-12)29(13)20/h2,5-6,12-14,22H,3,7-10H2,1H3,(H3,23,24,25,26,27,28)/t12-,13+,14-,20?. The van der Waals surface area contributed by atoms with Crippen LogP contribution in [-0.2, 0) is 0 Å². The number of nitrogens with zero attached hydrogens (tertiary/aromatic N) is 5. The summed E-state index contributed by atoms with van der Waals surface area (Å²) < 4.78 is 0. The number of hydrogen-bond donors (Lipinski definition) is 4. The SMILES string of the molecule is Cc1cc(Nc2nc(N[C@H]3C[C@@H]4CC5(CC#N)C[C@H](C3)N45)nc3cc[nH]c23)n[nH]1. The fourth-order valence-corrected chi connectivity index (χ4v) is 5.75. The number of aryl methyl sites for hydroxylation is 1. The van der Waals surface area contributed by atoms with Crippen molar-refractivity contribution in [2.75, 3.05) is 10.6 Å². The Morgan fingerprint density at radius 1 is 1.31 bits per heavy atom. The molecule has 0 radical (unpaired) electrons. The van der Waals surface area contributed by atoms with Crippen molar-refractivity contribution in [1.29, 1.82) is 5.26 Å². The van der Waals surface area contributed by atoms with Crippen molar-refractivity contribution in [2.24, 2.45) is 0 Å². The molecule has 3 saturated heterocycles. The lowest BCUT2D eigenvalue weighted by Crippen LogP contribution is -2.81. The van der Waals surface area contributed by atoms with Gasteiger partial charge in [0.05, 0.1) is 18.0 Å². The summed E-state index contributed by atoms with van der Waals surface area (Å²) in [6, 6.07) is 7.83. The molecule has 3 aromatic rings. The topological polar surface area (TPSA) is 121 Å². The maximum Gasteiger partial charge on any atom is 0.225 e. The third-order valence-corrected chi connectivity index (χ3v) is 6.78.